The Bertz CT molecular complexity index is 550. The topological polar surface area (TPSA) is 78.0 Å². The van der Waals surface area contributed by atoms with Gasteiger partial charge in [-0.25, -0.2) is 13.4 Å². The average Bonchev–Trinajstić information content (AvgIpc) is 2.70. The lowest BCUT2D eigenvalue weighted by Gasteiger charge is -2.20. The van der Waals surface area contributed by atoms with Gasteiger partial charge in [0, 0.05) is 25.2 Å². The van der Waals surface area contributed by atoms with Gasteiger partial charge in [-0.3, -0.25) is 0 Å². The number of nitrogens with two attached hydrogens (primary N) is 1. The molecule has 0 aliphatic carbocycles. The van der Waals surface area contributed by atoms with Crippen molar-refractivity contribution in [1.29, 1.82) is 0 Å². The standard InChI is InChI=1S/C12H19N3O2S/c13-9-4-5-12-14-10(8-15(12)7-9)11-3-1-2-6-18(11,16)17/h8-9,11H,1-7,13H2. The lowest BCUT2D eigenvalue weighted by atomic mass is 10.1. The van der Waals surface area contributed by atoms with Crippen molar-refractivity contribution < 1.29 is 8.42 Å². The van der Waals surface area contributed by atoms with Crippen LogP contribution in [0.2, 0.25) is 0 Å². The number of hydrogen-bond donors (Lipinski definition) is 1. The predicted octanol–water partition coefficient (Wildman–Crippen LogP) is 0.796. The van der Waals surface area contributed by atoms with Crippen LogP contribution < -0.4 is 5.73 Å². The Kier molecular flexibility index (Phi) is 2.94. The minimum absolute atomic E-state index is 0.169. The first-order valence-electron chi connectivity index (χ1n) is 6.59. The van der Waals surface area contributed by atoms with Gasteiger partial charge >= 0.3 is 0 Å². The highest BCUT2D eigenvalue weighted by atomic mass is 32.2. The monoisotopic (exact) mass is 269 g/mol. The molecule has 0 spiro atoms. The first-order valence-corrected chi connectivity index (χ1v) is 8.31. The van der Waals surface area contributed by atoms with Crippen LogP contribution in [0.25, 0.3) is 0 Å². The third-order valence-corrected chi connectivity index (χ3v) is 6.16. The van der Waals surface area contributed by atoms with Crippen LogP contribution in [-0.4, -0.2) is 29.8 Å². The Morgan fingerprint density at radius 3 is 2.94 bits per heavy atom. The number of fused-ring (bicyclic) bond motifs is 1. The Morgan fingerprint density at radius 1 is 1.33 bits per heavy atom. The second-order valence-electron chi connectivity index (χ2n) is 5.38. The molecule has 6 heteroatoms. The van der Waals surface area contributed by atoms with Crippen LogP contribution in [0, 0.1) is 0 Å². The average molecular weight is 269 g/mol. The molecule has 1 aromatic heterocycles. The van der Waals surface area contributed by atoms with Crippen LogP contribution >= 0.6 is 0 Å². The molecule has 5 nitrogen and oxygen atoms in total. The van der Waals surface area contributed by atoms with Gasteiger partial charge in [-0.1, -0.05) is 6.42 Å². The molecule has 0 amide bonds. The number of aromatic nitrogens is 2. The van der Waals surface area contributed by atoms with E-state index >= 15 is 0 Å². The van der Waals surface area contributed by atoms with Gasteiger partial charge in [0.2, 0.25) is 0 Å². The molecule has 100 valence electrons. The van der Waals surface area contributed by atoms with Crippen molar-refractivity contribution in [3.05, 3.63) is 17.7 Å². The van der Waals surface area contributed by atoms with Gasteiger partial charge in [-0.05, 0) is 19.3 Å². The van der Waals surface area contributed by atoms with Crippen LogP contribution in [0.4, 0.5) is 0 Å². The Labute approximate surface area is 107 Å². The van der Waals surface area contributed by atoms with Crippen molar-refractivity contribution in [3.8, 4) is 0 Å². The largest absolute Gasteiger partial charge is 0.333 e. The molecule has 1 saturated heterocycles. The molecule has 2 N–H and O–H groups in total. The van der Waals surface area contributed by atoms with E-state index in [4.69, 9.17) is 5.73 Å². The molecule has 3 heterocycles. The summed E-state index contributed by atoms with van der Waals surface area (Å²) in [5, 5.41) is -0.388. The minimum atomic E-state index is -3.00. The van der Waals surface area contributed by atoms with Gasteiger partial charge in [0.15, 0.2) is 9.84 Å². The van der Waals surface area contributed by atoms with E-state index in [0.29, 0.717) is 12.2 Å². The van der Waals surface area contributed by atoms with Crippen molar-refractivity contribution in [3.63, 3.8) is 0 Å². The predicted molar refractivity (Wildman–Crippen MR) is 68.9 cm³/mol. The lowest BCUT2D eigenvalue weighted by molar-refractivity contribution is 0.453. The van der Waals surface area contributed by atoms with Crippen LogP contribution in [0.1, 0.15) is 42.5 Å². The summed E-state index contributed by atoms with van der Waals surface area (Å²) in [6, 6.07) is 0.169. The molecule has 0 radical (unpaired) electrons. The first-order chi connectivity index (χ1) is 8.56. The minimum Gasteiger partial charge on any atom is -0.333 e. The molecule has 1 aromatic rings. The fraction of sp³-hybridized carbons (Fsp3) is 0.750. The Balaban J connectivity index is 1.93. The number of imidazole rings is 1. The second-order valence-corrected chi connectivity index (χ2v) is 7.69. The molecule has 2 aliphatic rings. The fourth-order valence-corrected chi connectivity index (χ4v) is 4.83. The van der Waals surface area contributed by atoms with E-state index in [2.05, 4.69) is 4.98 Å². The molecule has 1 fully saturated rings. The lowest BCUT2D eigenvalue weighted by Crippen LogP contribution is -2.31. The van der Waals surface area contributed by atoms with Gasteiger partial charge < -0.3 is 10.3 Å². The maximum Gasteiger partial charge on any atom is 0.158 e. The Hall–Kier alpha value is -0.880. The molecular weight excluding hydrogens is 250 g/mol. The maximum atomic E-state index is 12.1. The molecule has 0 aromatic carbocycles. The fourth-order valence-electron chi connectivity index (χ4n) is 2.93. The maximum absolute atomic E-state index is 12.1. The smallest absolute Gasteiger partial charge is 0.158 e. The summed E-state index contributed by atoms with van der Waals surface area (Å²) < 4.78 is 26.2. The van der Waals surface area contributed by atoms with E-state index in [0.717, 1.165) is 43.7 Å². The van der Waals surface area contributed by atoms with E-state index in [1.807, 2.05) is 10.8 Å². The number of nitrogens with zero attached hydrogens (tertiary/aromatic N) is 2. The van der Waals surface area contributed by atoms with E-state index in [9.17, 15) is 8.42 Å². The van der Waals surface area contributed by atoms with E-state index in [1.165, 1.54) is 0 Å². The van der Waals surface area contributed by atoms with Crippen LogP contribution in [0.15, 0.2) is 6.20 Å². The number of rotatable bonds is 1. The summed E-state index contributed by atoms with van der Waals surface area (Å²) in [6.07, 6.45) is 6.18. The Morgan fingerprint density at radius 2 is 2.17 bits per heavy atom. The van der Waals surface area contributed by atoms with Crippen LogP contribution in [-0.2, 0) is 22.8 Å². The van der Waals surface area contributed by atoms with E-state index < -0.39 is 9.84 Å². The number of sulfone groups is 1. The molecule has 0 saturated carbocycles. The van der Waals surface area contributed by atoms with Crippen LogP contribution in [0.3, 0.4) is 0 Å². The van der Waals surface area contributed by atoms with Gasteiger partial charge in [0.25, 0.3) is 0 Å². The van der Waals surface area contributed by atoms with Gasteiger partial charge in [-0.2, -0.15) is 0 Å². The normalized spacial score (nSPS) is 30.9. The summed E-state index contributed by atoms with van der Waals surface area (Å²) in [4.78, 5) is 4.53. The number of aryl methyl sites for hydroxylation is 1. The second kappa shape index (κ2) is 4.35. The molecule has 3 rings (SSSR count). The molecule has 0 bridgehead atoms. The highest BCUT2D eigenvalue weighted by molar-refractivity contribution is 7.91. The molecular formula is C12H19N3O2S. The van der Waals surface area contributed by atoms with Crippen molar-refractivity contribution in [2.45, 2.75) is 49.9 Å². The van der Waals surface area contributed by atoms with Gasteiger partial charge in [0.1, 0.15) is 11.1 Å². The first kappa shape index (κ1) is 12.2. The summed E-state index contributed by atoms with van der Waals surface area (Å²) in [5.41, 5.74) is 6.66. The zero-order chi connectivity index (χ0) is 12.8. The van der Waals surface area contributed by atoms with Crippen molar-refractivity contribution >= 4 is 9.84 Å². The van der Waals surface area contributed by atoms with Crippen molar-refractivity contribution in [2.24, 2.45) is 5.73 Å². The highest BCUT2D eigenvalue weighted by Gasteiger charge is 2.33. The molecule has 2 atom stereocenters. The summed E-state index contributed by atoms with van der Waals surface area (Å²) in [6.45, 7) is 0.759. The SMILES string of the molecule is NC1CCc2nc(C3CCCCS3(=O)=O)cn2C1. The zero-order valence-electron chi connectivity index (χ0n) is 10.4. The van der Waals surface area contributed by atoms with Gasteiger partial charge in [-0.15, -0.1) is 0 Å². The van der Waals surface area contributed by atoms with E-state index in [1.54, 1.807) is 0 Å². The summed E-state index contributed by atoms with van der Waals surface area (Å²) in [7, 11) is -3.00. The molecule has 2 unspecified atom stereocenters. The quantitative estimate of drug-likeness (QED) is 0.818. The third kappa shape index (κ3) is 2.07. The van der Waals surface area contributed by atoms with Gasteiger partial charge in [0.05, 0.1) is 11.4 Å². The summed E-state index contributed by atoms with van der Waals surface area (Å²) >= 11 is 0. The van der Waals surface area contributed by atoms with Crippen molar-refractivity contribution in [2.75, 3.05) is 5.75 Å². The third-order valence-electron chi connectivity index (χ3n) is 3.96. The van der Waals surface area contributed by atoms with Crippen LogP contribution in [0.5, 0.6) is 0 Å². The molecule has 18 heavy (non-hydrogen) atoms. The van der Waals surface area contributed by atoms with E-state index in [-0.39, 0.29) is 11.3 Å². The number of hydrogen-bond acceptors (Lipinski definition) is 4. The zero-order valence-corrected chi connectivity index (χ0v) is 11.2. The summed E-state index contributed by atoms with van der Waals surface area (Å²) in [5.74, 6) is 1.30. The van der Waals surface area contributed by atoms with Crippen molar-refractivity contribution in [1.82, 2.24) is 9.55 Å². The molecule has 2 aliphatic heterocycles. The highest BCUT2D eigenvalue weighted by Crippen LogP contribution is 2.33.